The number of hydrogen-bond acceptors (Lipinski definition) is 4. The van der Waals surface area contributed by atoms with E-state index in [1.165, 1.54) is 6.07 Å². The number of nitrogens with zero attached hydrogens (tertiary/aromatic N) is 4. The van der Waals surface area contributed by atoms with Crippen molar-refractivity contribution in [2.75, 3.05) is 37.6 Å². The highest BCUT2D eigenvalue weighted by Crippen LogP contribution is 2.22. The Morgan fingerprint density at radius 2 is 1.79 bits per heavy atom. The van der Waals surface area contributed by atoms with E-state index in [-0.39, 0.29) is 5.91 Å². The van der Waals surface area contributed by atoms with Crippen molar-refractivity contribution < 1.29 is 13.6 Å². The molecule has 0 radical (unpaired) electrons. The highest BCUT2D eigenvalue weighted by atomic mass is 19.2. The summed E-state index contributed by atoms with van der Waals surface area (Å²) in [6, 6.07) is 10.2. The number of aromatic nitrogens is 1. The van der Waals surface area contributed by atoms with Crippen LogP contribution in [0.5, 0.6) is 0 Å². The fraction of sp³-hybridized carbons (Fsp3) is 0.455. The molecule has 154 valence electrons. The smallest absolute Gasteiger partial charge is 0.222 e. The van der Waals surface area contributed by atoms with Crippen molar-refractivity contribution in [2.24, 2.45) is 0 Å². The Bertz CT molecular complexity index is 840. The van der Waals surface area contributed by atoms with Gasteiger partial charge in [-0.15, -0.1) is 0 Å². The van der Waals surface area contributed by atoms with E-state index in [1.54, 1.807) is 11.0 Å². The molecule has 3 heterocycles. The lowest BCUT2D eigenvalue weighted by atomic mass is 10.1. The highest BCUT2D eigenvalue weighted by Gasteiger charge is 2.29. The summed E-state index contributed by atoms with van der Waals surface area (Å²) in [5.41, 5.74) is 0.625. The lowest BCUT2D eigenvalue weighted by molar-refractivity contribution is -0.131. The van der Waals surface area contributed by atoms with E-state index in [9.17, 15) is 13.6 Å². The lowest BCUT2D eigenvalue weighted by Gasteiger charge is -2.39. The van der Waals surface area contributed by atoms with Crippen LogP contribution in [0, 0.1) is 11.6 Å². The summed E-state index contributed by atoms with van der Waals surface area (Å²) >= 11 is 0. The van der Waals surface area contributed by atoms with E-state index in [0.717, 1.165) is 50.9 Å². The van der Waals surface area contributed by atoms with E-state index >= 15 is 0 Å². The second-order valence-corrected chi connectivity index (χ2v) is 7.76. The number of likely N-dealkylation sites (tertiary alicyclic amines) is 1. The first-order valence-electron chi connectivity index (χ1n) is 10.2. The minimum atomic E-state index is -0.867. The van der Waals surface area contributed by atoms with Crippen LogP contribution in [-0.2, 0) is 11.3 Å². The second kappa shape index (κ2) is 8.86. The number of carbonyl (C=O) groups excluding carboxylic acids is 1. The van der Waals surface area contributed by atoms with E-state index in [2.05, 4.69) is 14.8 Å². The van der Waals surface area contributed by atoms with Crippen molar-refractivity contribution in [3.8, 4) is 0 Å². The highest BCUT2D eigenvalue weighted by molar-refractivity contribution is 5.76. The normalized spacial score (nSPS) is 21.3. The van der Waals surface area contributed by atoms with Crippen molar-refractivity contribution in [3.05, 3.63) is 59.8 Å². The Morgan fingerprint density at radius 1 is 0.966 bits per heavy atom. The van der Waals surface area contributed by atoms with E-state index < -0.39 is 11.6 Å². The van der Waals surface area contributed by atoms with Crippen LogP contribution >= 0.6 is 0 Å². The Morgan fingerprint density at radius 3 is 2.52 bits per heavy atom. The summed E-state index contributed by atoms with van der Waals surface area (Å²) < 4.78 is 26.6. The average molecular weight is 400 g/mol. The number of halogens is 2. The van der Waals surface area contributed by atoms with Gasteiger partial charge in [-0.3, -0.25) is 9.69 Å². The Labute approximate surface area is 169 Å². The number of hydrogen-bond donors (Lipinski definition) is 0. The molecule has 1 unspecified atom stereocenters. The Kier molecular flexibility index (Phi) is 6.04. The van der Waals surface area contributed by atoms with Crippen LogP contribution in [0.15, 0.2) is 42.6 Å². The molecule has 2 fully saturated rings. The first-order valence-corrected chi connectivity index (χ1v) is 10.2. The first-order chi connectivity index (χ1) is 14.1. The van der Waals surface area contributed by atoms with Crippen molar-refractivity contribution in [1.82, 2.24) is 14.8 Å². The molecule has 4 rings (SSSR count). The minimum absolute atomic E-state index is 0.0874. The lowest BCUT2D eigenvalue weighted by Crippen LogP contribution is -2.50. The van der Waals surface area contributed by atoms with Gasteiger partial charge < -0.3 is 9.80 Å². The second-order valence-electron chi connectivity index (χ2n) is 7.76. The van der Waals surface area contributed by atoms with Crippen molar-refractivity contribution in [3.63, 3.8) is 0 Å². The van der Waals surface area contributed by atoms with Gasteiger partial charge in [0.15, 0.2) is 11.6 Å². The Balaban J connectivity index is 1.32. The van der Waals surface area contributed by atoms with Gasteiger partial charge in [-0.2, -0.15) is 0 Å². The predicted molar refractivity (Wildman–Crippen MR) is 107 cm³/mol. The van der Waals surface area contributed by atoms with Gasteiger partial charge in [0.05, 0.1) is 0 Å². The molecule has 1 atom stereocenters. The summed E-state index contributed by atoms with van der Waals surface area (Å²) in [5, 5.41) is 0. The van der Waals surface area contributed by atoms with E-state index in [1.807, 2.05) is 24.4 Å². The molecule has 7 heteroatoms. The average Bonchev–Trinajstić information content (AvgIpc) is 2.93. The van der Waals surface area contributed by atoms with Gasteiger partial charge in [0.25, 0.3) is 0 Å². The third-order valence-electron chi connectivity index (χ3n) is 5.94. The minimum Gasteiger partial charge on any atom is -0.354 e. The van der Waals surface area contributed by atoms with Gasteiger partial charge in [-0.05, 0) is 42.7 Å². The maximum absolute atomic E-state index is 13.5. The van der Waals surface area contributed by atoms with Gasteiger partial charge in [-0.1, -0.05) is 12.1 Å². The molecule has 2 aliphatic rings. The molecular weight excluding hydrogens is 374 g/mol. The third kappa shape index (κ3) is 4.72. The summed E-state index contributed by atoms with van der Waals surface area (Å²) in [7, 11) is 0. The van der Waals surface area contributed by atoms with Gasteiger partial charge in [-0.25, -0.2) is 13.8 Å². The number of piperazine rings is 1. The zero-order valence-corrected chi connectivity index (χ0v) is 16.4. The summed E-state index contributed by atoms with van der Waals surface area (Å²) in [6.45, 7) is 4.75. The van der Waals surface area contributed by atoms with Crippen LogP contribution in [0.1, 0.15) is 24.8 Å². The fourth-order valence-electron chi connectivity index (χ4n) is 4.27. The first kappa shape index (κ1) is 19.8. The maximum Gasteiger partial charge on any atom is 0.222 e. The summed E-state index contributed by atoms with van der Waals surface area (Å²) in [5.74, 6) is -0.625. The molecule has 2 aliphatic heterocycles. The molecule has 1 aromatic carbocycles. The van der Waals surface area contributed by atoms with Gasteiger partial charge >= 0.3 is 0 Å². The van der Waals surface area contributed by atoms with Crippen LogP contribution < -0.4 is 4.90 Å². The summed E-state index contributed by atoms with van der Waals surface area (Å²) in [6.07, 6.45) is 4.06. The van der Waals surface area contributed by atoms with Crippen LogP contribution in [-0.4, -0.2) is 59.5 Å². The molecule has 0 N–H and O–H groups in total. The maximum atomic E-state index is 13.5. The largest absolute Gasteiger partial charge is 0.354 e. The van der Waals surface area contributed by atoms with Crippen molar-refractivity contribution in [2.45, 2.75) is 31.8 Å². The van der Waals surface area contributed by atoms with Crippen molar-refractivity contribution >= 4 is 11.7 Å². The van der Waals surface area contributed by atoms with Gasteiger partial charge in [0.2, 0.25) is 5.91 Å². The molecule has 0 spiro atoms. The van der Waals surface area contributed by atoms with E-state index in [4.69, 9.17) is 0 Å². The van der Waals surface area contributed by atoms with Crippen LogP contribution in [0.2, 0.25) is 0 Å². The molecule has 1 aromatic heterocycles. The summed E-state index contributed by atoms with van der Waals surface area (Å²) in [4.78, 5) is 23.5. The van der Waals surface area contributed by atoms with Crippen LogP contribution in [0.4, 0.5) is 14.6 Å². The molecule has 1 amide bonds. The number of benzene rings is 1. The number of amides is 1. The zero-order valence-electron chi connectivity index (χ0n) is 16.4. The molecule has 29 heavy (non-hydrogen) atoms. The van der Waals surface area contributed by atoms with E-state index in [0.29, 0.717) is 31.1 Å². The SMILES string of the molecule is O=C1CCC(N2CCN(c3ccccn3)CC2)CCN1Cc1ccc(F)c(F)c1. The number of carbonyl (C=O) groups is 1. The topological polar surface area (TPSA) is 39.7 Å². The van der Waals surface area contributed by atoms with Gasteiger partial charge in [0.1, 0.15) is 5.82 Å². The Hall–Kier alpha value is -2.54. The molecule has 2 saturated heterocycles. The van der Waals surface area contributed by atoms with Gasteiger partial charge in [0, 0.05) is 57.9 Å². The van der Waals surface area contributed by atoms with Crippen LogP contribution in [0.25, 0.3) is 0 Å². The standard InChI is InChI=1S/C22H26F2N4O/c23-19-6-4-17(15-20(19)24)16-28-10-8-18(5-7-22(28)29)26-11-13-27(14-12-26)21-3-1-2-9-25-21/h1-4,6,9,15,18H,5,7-8,10-14,16H2. The zero-order chi connectivity index (χ0) is 20.2. The third-order valence-corrected chi connectivity index (χ3v) is 5.94. The molecule has 0 bridgehead atoms. The molecule has 0 saturated carbocycles. The molecule has 5 nitrogen and oxygen atoms in total. The number of pyridine rings is 1. The molecule has 0 aliphatic carbocycles. The monoisotopic (exact) mass is 400 g/mol. The van der Waals surface area contributed by atoms with Crippen LogP contribution in [0.3, 0.4) is 0 Å². The molecular formula is C22H26F2N4O. The fourth-order valence-corrected chi connectivity index (χ4v) is 4.27. The number of anilines is 1. The molecule has 2 aromatic rings. The number of rotatable bonds is 4. The predicted octanol–water partition coefficient (Wildman–Crippen LogP) is 3.06. The van der Waals surface area contributed by atoms with Crippen molar-refractivity contribution in [1.29, 1.82) is 0 Å². The quantitative estimate of drug-likeness (QED) is 0.791.